The molecular weight excluding hydrogens is 394 g/mol. The first-order valence-electron chi connectivity index (χ1n) is 11.3. The summed E-state index contributed by atoms with van der Waals surface area (Å²) in [7, 11) is 0. The molecule has 0 aromatic heterocycles. The van der Waals surface area contributed by atoms with Gasteiger partial charge in [-0.05, 0) is 16.7 Å². The number of hydrogen-bond acceptors (Lipinski definition) is 3. The Kier molecular flexibility index (Phi) is 7.85. The van der Waals surface area contributed by atoms with Crippen LogP contribution in [0, 0.1) is 0 Å². The number of hydrogen-bond donors (Lipinski definition) is 1. The van der Waals surface area contributed by atoms with Crippen LogP contribution in [-0.4, -0.2) is 55.0 Å². The SMILES string of the molecule is O=C(CN1CCN(C/C=C/c2ccccc2)CC1)NC(c1ccccc1)c1ccccc1. The number of nitrogens with one attached hydrogen (secondary N) is 1. The lowest BCUT2D eigenvalue weighted by Crippen LogP contribution is -2.49. The molecule has 0 spiro atoms. The fourth-order valence-electron chi connectivity index (χ4n) is 4.09. The lowest BCUT2D eigenvalue weighted by atomic mass is 9.99. The van der Waals surface area contributed by atoms with E-state index in [0.29, 0.717) is 6.54 Å². The Hall–Kier alpha value is -3.21. The summed E-state index contributed by atoms with van der Waals surface area (Å²) in [5, 5.41) is 3.26. The molecule has 1 heterocycles. The minimum absolute atomic E-state index is 0.0696. The average Bonchev–Trinajstić information content (AvgIpc) is 2.85. The molecule has 4 heteroatoms. The van der Waals surface area contributed by atoms with Gasteiger partial charge >= 0.3 is 0 Å². The number of nitrogens with zero attached hydrogens (tertiary/aromatic N) is 2. The molecule has 1 aliphatic rings. The van der Waals surface area contributed by atoms with Crippen LogP contribution in [0.2, 0.25) is 0 Å². The summed E-state index contributed by atoms with van der Waals surface area (Å²) in [4.78, 5) is 17.6. The molecule has 4 nitrogen and oxygen atoms in total. The molecule has 1 fully saturated rings. The van der Waals surface area contributed by atoms with Crippen molar-refractivity contribution in [1.29, 1.82) is 0 Å². The second-order valence-electron chi connectivity index (χ2n) is 8.21. The van der Waals surface area contributed by atoms with Gasteiger partial charge in [0.1, 0.15) is 0 Å². The number of amides is 1. The molecule has 0 radical (unpaired) electrons. The highest BCUT2D eigenvalue weighted by Crippen LogP contribution is 2.21. The number of rotatable bonds is 8. The molecular formula is C28H31N3O. The summed E-state index contributed by atoms with van der Waals surface area (Å²) in [6.07, 6.45) is 4.40. The fourth-order valence-corrected chi connectivity index (χ4v) is 4.09. The van der Waals surface area contributed by atoms with Crippen LogP contribution in [0.4, 0.5) is 0 Å². The second kappa shape index (κ2) is 11.4. The van der Waals surface area contributed by atoms with E-state index in [1.165, 1.54) is 5.56 Å². The Bertz CT molecular complexity index is 941. The van der Waals surface area contributed by atoms with Crippen LogP contribution >= 0.6 is 0 Å². The Morgan fingerprint density at radius 1 is 0.750 bits per heavy atom. The van der Waals surface area contributed by atoms with Crippen LogP contribution in [-0.2, 0) is 4.79 Å². The Labute approximate surface area is 191 Å². The van der Waals surface area contributed by atoms with E-state index in [4.69, 9.17) is 0 Å². The van der Waals surface area contributed by atoms with Crippen LogP contribution in [0.15, 0.2) is 97.1 Å². The van der Waals surface area contributed by atoms with E-state index < -0.39 is 0 Å². The van der Waals surface area contributed by atoms with Crippen molar-refractivity contribution >= 4 is 12.0 Å². The third kappa shape index (κ3) is 6.39. The largest absolute Gasteiger partial charge is 0.344 e. The Morgan fingerprint density at radius 2 is 1.25 bits per heavy atom. The standard InChI is InChI=1S/C28H31N3O/c32-27(29-28(25-14-6-2-7-15-25)26-16-8-3-9-17-26)23-31-21-19-30(20-22-31)18-10-13-24-11-4-1-5-12-24/h1-17,28H,18-23H2,(H,29,32)/b13-10+. The van der Waals surface area contributed by atoms with Crippen molar-refractivity contribution in [3.8, 4) is 0 Å². The summed E-state index contributed by atoms with van der Waals surface area (Å²) < 4.78 is 0. The van der Waals surface area contributed by atoms with Gasteiger partial charge in [0.25, 0.3) is 0 Å². The predicted octanol–water partition coefficient (Wildman–Crippen LogP) is 4.22. The maximum Gasteiger partial charge on any atom is 0.234 e. The lowest BCUT2D eigenvalue weighted by molar-refractivity contribution is -0.123. The van der Waals surface area contributed by atoms with Crippen LogP contribution in [0.1, 0.15) is 22.7 Å². The first-order chi connectivity index (χ1) is 15.8. The van der Waals surface area contributed by atoms with E-state index in [9.17, 15) is 4.79 Å². The van der Waals surface area contributed by atoms with Crippen molar-refractivity contribution in [2.45, 2.75) is 6.04 Å². The van der Waals surface area contributed by atoms with E-state index in [1.807, 2.05) is 42.5 Å². The third-order valence-corrected chi connectivity index (χ3v) is 5.88. The molecule has 1 amide bonds. The van der Waals surface area contributed by atoms with Gasteiger partial charge in [-0.15, -0.1) is 0 Å². The molecule has 32 heavy (non-hydrogen) atoms. The second-order valence-corrected chi connectivity index (χ2v) is 8.21. The van der Waals surface area contributed by atoms with Gasteiger partial charge < -0.3 is 5.32 Å². The van der Waals surface area contributed by atoms with Crippen LogP contribution in [0.25, 0.3) is 6.08 Å². The van der Waals surface area contributed by atoms with Gasteiger partial charge in [-0.3, -0.25) is 14.6 Å². The first kappa shape index (κ1) is 22.0. The average molecular weight is 426 g/mol. The zero-order valence-corrected chi connectivity index (χ0v) is 18.4. The Morgan fingerprint density at radius 3 is 1.81 bits per heavy atom. The van der Waals surface area contributed by atoms with Crippen molar-refractivity contribution in [3.63, 3.8) is 0 Å². The quantitative estimate of drug-likeness (QED) is 0.587. The number of benzene rings is 3. The third-order valence-electron chi connectivity index (χ3n) is 5.88. The fraction of sp³-hybridized carbons (Fsp3) is 0.250. The van der Waals surface area contributed by atoms with Gasteiger partial charge in [-0.2, -0.15) is 0 Å². The first-order valence-corrected chi connectivity index (χ1v) is 11.3. The topological polar surface area (TPSA) is 35.6 Å². The maximum atomic E-state index is 12.9. The van der Waals surface area contributed by atoms with E-state index in [-0.39, 0.29) is 11.9 Å². The lowest BCUT2D eigenvalue weighted by Gasteiger charge is -2.34. The molecule has 164 valence electrons. The molecule has 0 atom stereocenters. The van der Waals surface area contributed by atoms with E-state index in [1.54, 1.807) is 0 Å². The summed E-state index contributed by atoms with van der Waals surface area (Å²) in [5.74, 6) is 0.0696. The van der Waals surface area contributed by atoms with Crippen LogP contribution in [0.3, 0.4) is 0 Å². The normalized spacial score (nSPS) is 15.3. The van der Waals surface area contributed by atoms with Gasteiger partial charge in [0.15, 0.2) is 0 Å². The van der Waals surface area contributed by atoms with E-state index in [2.05, 4.69) is 75.8 Å². The number of carbonyl (C=O) groups is 1. The Balaban J connectivity index is 1.27. The van der Waals surface area contributed by atoms with E-state index >= 15 is 0 Å². The van der Waals surface area contributed by atoms with Gasteiger partial charge in [-0.25, -0.2) is 0 Å². The van der Waals surface area contributed by atoms with Crippen LogP contribution in [0.5, 0.6) is 0 Å². The number of piperazine rings is 1. The highest BCUT2D eigenvalue weighted by Gasteiger charge is 2.21. The zero-order valence-electron chi connectivity index (χ0n) is 18.4. The minimum Gasteiger partial charge on any atom is -0.344 e. The van der Waals surface area contributed by atoms with Crippen molar-refractivity contribution in [1.82, 2.24) is 15.1 Å². The molecule has 4 rings (SSSR count). The number of carbonyl (C=O) groups excluding carboxylic acids is 1. The summed E-state index contributed by atoms with van der Waals surface area (Å²) in [5.41, 5.74) is 3.43. The molecule has 1 N–H and O–H groups in total. The van der Waals surface area contributed by atoms with Crippen LogP contribution < -0.4 is 5.32 Å². The molecule has 1 saturated heterocycles. The molecule has 1 aliphatic heterocycles. The molecule has 0 saturated carbocycles. The molecule has 0 bridgehead atoms. The highest BCUT2D eigenvalue weighted by molar-refractivity contribution is 5.79. The van der Waals surface area contributed by atoms with Crippen molar-refractivity contribution in [2.75, 3.05) is 39.3 Å². The van der Waals surface area contributed by atoms with Gasteiger partial charge in [0.05, 0.1) is 12.6 Å². The highest BCUT2D eigenvalue weighted by atomic mass is 16.2. The molecule has 0 aliphatic carbocycles. The zero-order chi connectivity index (χ0) is 22.0. The smallest absolute Gasteiger partial charge is 0.234 e. The summed E-state index contributed by atoms with van der Waals surface area (Å²) >= 11 is 0. The van der Waals surface area contributed by atoms with Gasteiger partial charge in [0, 0.05) is 32.7 Å². The maximum absolute atomic E-state index is 12.9. The molecule has 3 aromatic rings. The summed E-state index contributed by atoms with van der Waals surface area (Å²) in [6, 6.07) is 30.6. The monoisotopic (exact) mass is 425 g/mol. The van der Waals surface area contributed by atoms with E-state index in [0.717, 1.165) is 43.9 Å². The summed E-state index contributed by atoms with van der Waals surface area (Å²) in [6.45, 7) is 5.16. The molecule has 0 unspecified atom stereocenters. The van der Waals surface area contributed by atoms with Crippen molar-refractivity contribution in [3.05, 3.63) is 114 Å². The minimum atomic E-state index is -0.130. The van der Waals surface area contributed by atoms with Gasteiger partial charge in [0.2, 0.25) is 5.91 Å². The van der Waals surface area contributed by atoms with Crippen molar-refractivity contribution in [2.24, 2.45) is 0 Å². The molecule has 3 aromatic carbocycles. The van der Waals surface area contributed by atoms with Gasteiger partial charge in [-0.1, -0.05) is 103 Å². The van der Waals surface area contributed by atoms with Crippen molar-refractivity contribution < 1.29 is 4.79 Å². The predicted molar refractivity (Wildman–Crippen MR) is 131 cm³/mol.